The molecule has 2 aromatic rings. The summed E-state index contributed by atoms with van der Waals surface area (Å²) in [5.74, 6) is -0.0134. The number of nitrogens with zero attached hydrogens (tertiary/aromatic N) is 2. The van der Waals surface area contributed by atoms with Gasteiger partial charge in [0.2, 0.25) is 5.91 Å². The van der Waals surface area contributed by atoms with Gasteiger partial charge >= 0.3 is 6.18 Å². The fraction of sp³-hybridized carbons (Fsp3) is 0.591. The molecule has 0 bridgehead atoms. The first-order chi connectivity index (χ1) is 15.8. The SMILES string of the molecule is CC(C)(C)C(NC(=O)c1nn(CCOCC(F)(F)F)c2ccccc12)C(=O)NC1CCS(=O)C1. The van der Waals surface area contributed by atoms with Crippen LogP contribution in [0.4, 0.5) is 13.2 Å². The lowest BCUT2D eigenvalue weighted by Gasteiger charge is -2.31. The van der Waals surface area contributed by atoms with Crippen molar-refractivity contribution >= 4 is 33.5 Å². The highest BCUT2D eigenvalue weighted by atomic mass is 32.2. The summed E-state index contributed by atoms with van der Waals surface area (Å²) in [4.78, 5) is 26.2. The summed E-state index contributed by atoms with van der Waals surface area (Å²) >= 11 is 0. The van der Waals surface area contributed by atoms with Crippen molar-refractivity contribution in [3.05, 3.63) is 30.0 Å². The first kappa shape index (κ1) is 26.1. The normalized spacial score (nSPS) is 19.8. The number of carbonyl (C=O) groups is 2. The second-order valence-electron chi connectivity index (χ2n) is 9.33. The number of aromatic nitrogens is 2. The van der Waals surface area contributed by atoms with Crippen molar-refractivity contribution < 1.29 is 31.7 Å². The zero-order valence-corrected chi connectivity index (χ0v) is 20.1. The van der Waals surface area contributed by atoms with Crippen LogP contribution in [0.2, 0.25) is 0 Å². The number of amides is 2. The molecular formula is C22H29F3N4O4S. The van der Waals surface area contributed by atoms with Crippen LogP contribution in [-0.4, -0.2) is 68.8 Å². The zero-order valence-electron chi connectivity index (χ0n) is 19.3. The topological polar surface area (TPSA) is 102 Å². The Hall–Kier alpha value is -2.47. The van der Waals surface area contributed by atoms with Gasteiger partial charge in [-0.15, -0.1) is 0 Å². The van der Waals surface area contributed by atoms with E-state index < -0.39 is 40.9 Å². The minimum Gasteiger partial charge on any atom is -0.370 e. The highest BCUT2D eigenvalue weighted by Crippen LogP contribution is 2.23. The molecule has 3 rings (SSSR count). The third kappa shape index (κ3) is 6.78. The van der Waals surface area contributed by atoms with E-state index in [0.29, 0.717) is 28.8 Å². The fourth-order valence-electron chi connectivity index (χ4n) is 3.74. The molecule has 3 atom stereocenters. The van der Waals surface area contributed by atoms with E-state index in [0.717, 1.165) is 0 Å². The lowest BCUT2D eigenvalue weighted by atomic mass is 9.85. The van der Waals surface area contributed by atoms with Crippen LogP contribution in [0.25, 0.3) is 10.9 Å². The van der Waals surface area contributed by atoms with Crippen LogP contribution in [0.3, 0.4) is 0 Å². The highest BCUT2D eigenvalue weighted by molar-refractivity contribution is 7.85. The first-order valence-electron chi connectivity index (χ1n) is 10.9. The molecule has 3 unspecified atom stereocenters. The van der Waals surface area contributed by atoms with E-state index in [1.54, 1.807) is 24.3 Å². The lowest BCUT2D eigenvalue weighted by molar-refractivity contribution is -0.174. The molecule has 0 saturated carbocycles. The van der Waals surface area contributed by atoms with E-state index in [2.05, 4.69) is 20.5 Å². The van der Waals surface area contributed by atoms with E-state index in [1.165, 1.54) is 4.68 Å². The maximum absolute atomic E-state index is 13.2. The molecule has 8 nitrogen and oxygen atoms in total. The minimum atomic E-state index is -4.42. The zero-order chi connectivity index (χ0) is 25.1. The number of fused-ring (bicyclic) bond motifs is 1. The number of rotatable bonds is 8. The van der Waals surface area contributed by atoms with E-state index in [-0.39, 0.29) is 30.8 Å². The van der Waals surface area contributed by atoms with Crippen molar-refractivity contribution in [1.29, 1.82) is 0 Å². The van der Waals surface area contributed by atoms with Gasteiger partial charge in [0.15, 0.2) is 5.69 Å². The lowest BCUT2D eigenvalue weighted by Crippen LogP contribution is -2.55. The fourth-order valence-corrected chi connectivity index (χ4v) is 5.16. The standard InChI is InChI=1S/C22H29F3N4O4S/c1-21(2,3)18(20(31)26-14-8-11-34(32)12-14)27-19(30)17-15-6-4-5-7-16(15)29(28-17)9-10-33-13-22(23,24)25/h4-7,14,18H,8-13H2,1-3H3,(H,26,31)(H,27,30). The summed E-state index contributed by atoms with van der Waals surface area (Å²) in [6.45, 7) is 3.88. The number of nitrogens with one attached hydrogen (secondary N) is 2. The molecule has 0 aliphatic carbocycles. The molecular weight excluding hydrogens is 473 g/mol. The molecule has 0 radical (unpaired) electrons. The number of alkyl halides is 3. The number of halogens is 3. The third-order valence-electron chi connectivity index (χ3n) is 5.42. The molecule has 1 fully saturated rings. The van der Waals surface area contributed by atoms with Gasteiger partial charge in [0.1, 0.15) is 12.6 Å². The van der Waals surface area contributed by atoms with Crippen LogP contribution >= 0.6 is 0 Å². The number of ether oxygens (including phenoxy) is 1. The van der Waals surface area contributed by atoms with Crippen molar-refractivity contribution in [2.24, 2.45) is 5.41 Å². The highest BCUT2D eigenvalue weighted by Gasteiger charge is 2.36. The summed E-state index contributed by atoms with van der Waals surface area (Å²) in [7, 11) is -0.953. The molecule has 2 heterocycles. The van der Waals surface area contributed by atoms with Gasteiger partial charge < -0.3 is 15.4 Å². The van der Waals surface area contributed by atoms with Crippen molar-refractivity contribution in [2.45, 2.75) is 52.0 Å². The van der Waals surface area contributed by atoms with Gasteiger partial charge in [-0.05, 0) is 17.9 Å². The summed E-state index contributed by atoms with van der Waals surface area (Å²) in [5.41, 5.74) is 0.00490. The average Bonchev–Trinajstić information content (AvgIpc) is 3.31. The number of para-hydroxylation sites is 1. The molecule has 1 aliphatic rings. The predicted octanol–water partition coefficient (Wildman–Crippen LogP) is 2.40. The van der Waals surface area contributed by atoms with Gasteiger partial charge in [-0.2, -0.15) is 18.3 Å². The van der Waals surface area contributed by atoms with Crippen LogP contribution < -0.4 is 10.6 Å². The quantitative estimate of drug-likeness (QED) is 0.540. The van der Waals surface area contributed by atoms with Gasteiger partial charge in [-0.1, -0.05) is 39.0 Å². The van der Waals surface area contributed by atoms with Gasteiger partial charge in [0.25, 0.3) is 5.91 Å². The van der Waals surface area contributed by atoms with Crippen LogP contribution in [-0.2, 0) is 26.9 Å². The number of benzene rings is 1. The molecule has 0 spiro atoms. The van der Waals surface area contributed by atoms with Gasteiger partial charge in [-0.25, -0.2) is 0 Å². The van der Waals surface area contributed by atoms with Gasteiger partial charge in [0.05, 0.1) is 18.7 Å². The Morgan fingerprint density at radius 3 is 2.59 bits per heavy atom. The van der Waals surface area contributed by atoms with Crippen molar-refractivity contribution in [2.75, 3.05) is 24.7 Å². The Balaban J connectivity index is 1.76. The van der Waals surface area contributed by atoms with Gasteiger partial charge in [-0.3, -0.25) is 18.5 Å². The molecule has 2 N–H and O–H groups in total. The molecule has 1 aromatic heterocycles. The molecule has 34 heavy (non-hydrogen) atoms. The Morgan fingerprint density at radius 2 is 1.97 bits per heavy atom. The Kier molecular flexibility index (Phi) is 8.02. The Bertz CT molecular complexity index is 1060. The van der Waals surface area contributed by atoms with E-state index in [1.807, 2.05) is 20.8 Å². The smallest absolute Gasteiger partial charge is 0.370 e. The second-order valence-corrected chi connectivity index (χ2v) is 11.0. The number of hydrogen-bond acceptors (Lipinski definition) is 5. The molecule has 12 heteroatoms. The van der Waals surface area contributed by atoms with E-state index in [9.17, 15) is 27.0 Å². The molecule has 1 aliphatic heterocycles. The van der Waals surface area contributed by atoms with Crippen molar-refractivity contribution in [3.8, 4) is 0 Å². The predicted molar refractivity (Wildman–Crippen MR) is 122 cm³/mol. The van der Waals surface area contributed by atoms with Crippen molar-refractivity contribution in [3.63, 3.8) is 0 Å². The number of hydrogen-bond donors (Lipinski definition) is 2. The third-order valence-corrected chi connectivity index (χ3v) is 6.88. The summed E-state index contributed by atoms with van der Waals surface area (Å²) in [6, 6.07) is 5.76. The number of carbonyl (C=O) groups excluding carboxylic acids is 2. The monoisotopic (exact) mass is 502 g/mol. The molecule has 2 amide bonds. The van der Waals surface area contributed by atoms with E-state index in [4.69, 9.17) is 0 Å². The molecule has 1 saturated heterocycles. The van der Waals surface area contributed by atoms with Gasteiger partial charge in [0, 0.05) is 33.7 Å². The first-order valence-corrected chi connectivity index (χ1v) is 12.4. The maximum Gasteiger partial charge on any atom is 0.411 e. The van der Waals surface area contributed by atoms with Crippen LogP contribution in [0.5, 0.6) is 0 Å². The Morgan fingerprint density at radius 1 is 1.26 bits per heavy atom. The molecule has 188 valence electrons. The minimum absolute atomic E-state index is 0.0197. The Labute approximate surface area is 198 Å². The van der Waals surface area contributed by atoms with Crippen LogP contribution in [0.15, 0.2) is 24.3 Å². The van der Waals surface area contributed by atoms with Crippen molar-refractivity contribution in [1.82, 2.24) is 20.4 Å². The maximum atomic E-state index is 13.2. The summed E-state index contributed by atoms with van der Waals surface area (Å²) in [5, 5.41) is 10.5. The average molecular weight is 503 g/mol. The van der Waals surface area contributed by atoms with Crippen LogP contribution in [0, 0.1) is 5.41 Å². The second kappa shape index (κ2) is 10.4. The summed E-state index contributed by atoms with van der Waals surface area (Å²) in [6.07, 6.45) is -3.80. The summed E-state index contributed by atoms with van der Waals surface area (Å²) < 4.78 is 54.7. The molecule has 1 aromatic carbocycles. The largest absolute Gasteiger partial charge is 0.411 e. The van der Waals surface area contributed by atoms with E-state index >= 15 is 0 Å². The van der Waals surface area contributed by atoms with Crippen LogP contribution in [0.1, 0.15) is 37.7 Å².